The number of anilines is 1. The molecule has 0 saturated carbocycles. The number of fused-ring (bicyclic) bond motifs is 1. The quantitative estimate of drug-likeness (QED) is 0.654. The van der Waals surface area contributed by atoms with Gasteiger partial charge in [0.05, 0.1) is 6.04 Å². The van der Waals surface area contributed by atoms with Crippen LogP contribution in [-0.2, 0) is 16.4 Å². The van der Waals surface area contributed by atoms with Gasteiger partial charge in [-0.15, -0.1) is 11.3 Å². The summed E-state index contributed by atoms with van der Waals surface area (Å²) in [7, 11) is -3.59. The lowest BCUT2D eigenvalue weighted by Crippen LogP contribution is -2.30. The Bertz CT molecular complexity index is 1080. The van der Waals surface area contributed by atoms with Gasteiger partial charge in [-0.1, -0.05) is 30.3 Å². The lowest BCUT2D eigenvalue weighted by molar-refractivity contribution is 0.0933. The zero-order valence-electron chi connectivity index (χ0n) is 15.1. The molecule has 2 N–H and O–H groups in total. The number of carbonyl (C=O) groups is 1. The lowest BCUT2D eigenvalue weighted by atomic mass is 9.87. The summed E-state index contributed by atoms with van der Waals surface area (Å²) in [6, 6.07) is 17.9. The van der Waals surface area contributed by atoms with Crippen LogP contribution in [0.2, 0.25) is 0 Å². The Labute approximate surface area is 168 Å². The zero-order chi connectivity index (χ0) is 19.6. The molecule has 1 aliphatic carbocycles. The van der Waals surface area contributed by atoms with Crippen molar-refractivity contribution in [3.05, 3.63) is 82.7 Å². The summed E-state index contributed by atoms with van der Waals surface area (Å²) in [5, 5.41) is 4.82. The number of aryl methyl sites for hydroxylation is 1. The first-order valence-electron chi connectivity index (χ1n) is 9.08. The first-order chi connectivity index (χ1) is 13.5. The minimum atomic E-state index is -3.59. The second-order valence-electron chi connectivity index (χ2n) is 6.73. The van der Waals surface area contributed by atoms with Crippen LogP contribution < -0.4 is 10.0 Å². The van der Waals surface area contributed by atoms with E-state index in [0.29, 0.717) is 11.3 Å². The number of rotatable bonds is 5. The Kier molecular flexibility index (Phi) is 5.19. The molecule has 0 unspecified atom stereocenters. The van der Waals surface area contributed by atoms with E-state index in [-0.39, 0.29) is 16.2 Å². The van der Waals surface area contributed by atoms with E-state index in [9.17, 15) is 13.2 Å². The van der Waals surface area contributed by atoms with Crippen LogP contribution in [0.1, 0.15) is 40.4 Å². The van der Waals surface area contributed by atoms with E-state index in [2.05, 4.69) is 22.2 Å². The zero-order valence-corrected chi connectivity index (χ0v) is 16.7. The van der Waals surface area contributed by atoms with E-state index in [1.807, 2.05) is 12.1 Å². The van der Waals surface area contributed by atoms with E-state index >= 15 is 0 Å². The Hall–Kier alpha value is -2.64. The van der Waals surface area contributed by atoms with Crippen molar-refractivity contribution in [2.24, 2.45) is 0 Å². The van der Waals surface area contributed by atoms with Crippen LogP contribution in [0.15, 0.2) is 70.3 Å². The minimum Gasteiger partial charge on any atom is -0.345 e. The van der Waals surface area contributed by atoms with Crippen LogP contribution in [0.3, 0.4) is 0 Å². The maximum Gasteiger partial charge on any atom is 0.271 e. The van der Waals surface area contributed by atoms with Crippen LogP contribution in [0.4, 0.5) is 5.69 Å². The summed E-state index contributed by atoms with van der Waals surface area (Å²) in [6.07, 6.45) is 3.01. The van der Waals surface area contributed by atoms with Gasteiger partial charge in [-0.25, -0.2) is 8.42 Å². The lowest BCUT2D eigenvalue weighted by Gasteiger charge is -2.26. The predicted molar refractivity (Wildman–Crippen MR) is 111 cm³/mol. The molecule has 1 aromatic heterocycles. The highest BCUT2D eigenvalue weighted by molar-refractivity contribution is 7.94. The third-order valence-corrected chi connectivity index (χ3v) is 7.61. The van der Waals surface area contributed by atoms with Gasteiger partial charge in [0.25, 0.3) is 15.9 Å². The Morgan fingerprint density at radius 2 is 1.79 bits per heavy atom. The first kappa shape index (κ1) is 18.7. The first-order valence-corrected chi connectivity index (χ1v) is 11.4. The van der Waals surface area contributed by atoms with Gasteiger partial charge in [-0.3, -0.25) is 9.52 Å². The number of sulfonamides is 1. The molecule has 1 amide bonds. The van der Waals surface area contributed by atoms with Gasteiger partial charge in [0.15, 0.2) is 0 Å². The average Bonchev–Trinajstić information content (AvgIpc) is 3.24. The Balaban J connectivity index is 1.45. The second-order valence-corrected chi connectivity index (χ2v) is 9.59. The molecule has 1 heterocycles. The van der Waals surface area contributed by atoms with Crippen molar-refractivity contribution in [3.8, 4) is 0 Å². The molecule has 0 fully saturated rings. The third-order valence-electron chi connectivity index (χ3n) is 4.83. The summed E-state index contributed by atoms with van der Waals surface area (Å²) in [6.45, 7) is 0. The summed E-state index contributed by atoms with van der Waals surface area (Å²) < 4.78 is 27.3. The van der Waals surface area contributed by atoms with Crippen LogP contribution in [0.5, 0.6) is 0 Å². The number of thiophene rings is 1. The number of hydrogen-bond donors (Lipinski definition) is 2. The molecule has 0 saturated heterocycles. The number of amides is 1. The maximum absolute atomic E-state index is 12.7. The predicted octanol–water partition coefficient (Wildman–Crippen LogP) is 4.36. The number of carbonyl (C=O) groups excluding carboxylic acids is 1. The van der Waals surface area contributed by atoms with Crippen LogP contribution >= 0.6 is 11.3 Å². The molecule has 1 atom stereocenters. The van der Waals surface area contributed by atoms with Gasteiger partial charge in [0.2, 0.25) is 0 Å². The van der Waals surface area contributed by atoms with Gasteiger partial charge < -0.3 is 5.32 Å². The second kappa shape index (κ2) is 7.77. The van der Waals surface area contributed by atoms with Gasteiger partial charge >= 0.3 is 0 Å². The highest BCUT2D eigenvalue weighted by Crippen LogP contribution is 2.29. The van der Waals surface area contributed by atoms with E-state index in [1.165, 1.54) is 11.1 Å². The molecular weight excluding hydrogens is 392 g/mol. The maximum atomic E-state index is 12.7. The van der Waals surface area contributed by atoms with E-state index < -0.39 is 10.0 Å². The molecule has 28 heavy (non-hydrogen) atoms. The summed E-state index contributed by atoms with van der Waals surface area (Å²) >= 11 is 1.16. The van der Waals surface area contributed by atoms with E-state index in [4.69, 9.17) is 0 Å². The molecule has 0 radical (unpaired) electrons. The Morgan fingerprint density at radius 3 is 2.54 bits per heavy atom. The van der Waals surface area contributed by atoms with Crippen LogP contribution in [0.25, 0.3) is 0 Å². The van der Waals surface area contributed by atoms with Crippen molar-refractivity contribution in [1.29, 1.82) is 0 Å². The SMILES string of the molecule is O=C(N[C@H]1CCCc2ccccc21)c1ccc(NS(=O)(=O)c2cccs2)cc1. The molecule has 2 aromatic carbocycles. The number of nitrogens with one attached hydrogen (secondary N) is 2. The highest BCUT2D eigenvalue weighted by atomic mass is 32.2. The molecule has 1 aliphatic rings. The van der Waals surface area contributed by atoms with Crippen molar-refractivity contribution in [2.45, 2.75) is 29.5 Å². The fraction of sp³-hybridized carbons (Fsp3) is 0.190. The van der Waals surface area contributed by atoms with Gasteiger partial charge in [0.1, 0.15) is 4.21 Å². The molecule has 0 aliphatic heterocycles. The molecule has 3 aromatic rings. The summed E-state index contributed by atoms with van der Waals surface area (Å²) in [4.78, 5) is 12.7. The third kappa shape index (κ3) is 3.95. The van der Waals surface area contributed by atoms with Crippen molar-refractivity contribution >= 4 is 33.0 Å². The monoisotopic (exact) mass is 412 g/mol. The number of benzene rings is 2. The fourth-order valence-corrected chi connectivity index (χ4v) is 5.51. The smallest absolute Gasteiger partial charge is 0.271 e. The highest BCUT2D eigenvalue weighted by Gasteiger charge is 2.22. The summed E-state index contributed by atoms with van der Waals surface area (Å²) in [5.74, 6) is -0.158. The molecule has 0 spiro atoms. The van der Waals surface area contributed by atoms with Crippen molar-refractivity contribution in [3.63, 3.8) is 0 Å². The van der Waals surface area contributed by atoms with Gasteiger partial charge in [-0.2, -0.15) is 0 Å². The van der Waals surface area contributed by atoms with Crippen LogP contribution in [0, 0.1) is 0 Å². The van der Waals surface area contributed by atoms with Crippen LogP contribution in [-0.4, -0.2) is 14.3 Å². The van der Waals surface area contributed by atoms with E-state index in [1.54, 1.807) is 41.8 Å². The van der Waals surface area contributed by atoms with E-state index in [0.717, 1.165) is 30.6 Å². The fourth-order valence-electron chi connectivity index (χ4n) is 3.46. The molecule has 7 heteroatoms. The normalized spacial score (nSPS) is 16.2. The number of hydrogen-bond acceptors (Lipinski definition) is 4. The largest absolute Gasteiger partial charge is 0.345 e. The molecular formula is C21H20N2O3S2. The van der Waals surface area contributed by atoms with Crippen molar-refractivity contribution in [1.82, 2.24) is 5.32 Å². The summed E-state index contributed by atoms with van der Waals surface area (Å²) in [5.41, 5.74) is 3.40. The molecule has 5 nitrogen and oxygen atoms in total. The van der Waals surface area contributed by atoms with Crippen molar-refractivity contribution < 1.29 is 13.2 Å². The van der Waals surface area contributed by atoms with Crippen molar-refractivity contribution in [2.75, 3.05) is 4.72 Å². The topological polar surface area (TPSA) is 75.3 Å². The molecule has 4 rings (SSSR count). The Morgan fingerprint density at radius 1 is 1.00 bits per heavy atom. The molecule has 144 valence electrons. The minimum absolute atomic E-state index is 0.00876. The molecule has 0 bridgehead atoms. The average molecular weight is 413 g/mol. The standard InChI is InChI=1S/C21H20N2O3S2/c24-21(22-19-8-3-6-15-5-1-2-7-18(15)19)16-10-12-17(13-11-16)23-28(25,26)20-9-4-14-27-20/h1-2,4-5,7,9-14,19,23H,3,6,8H2,(H,22,24)/t19-/m0/s1. The van der Waals surface area contributed by atoms with Gasteiger partial charge in [0, 0.05) is 11.3 Å². The van der Waals surface area contributed by atoms with Gasteiger partial charge in [-0.05, 0) is 66.1 Å².